The smallest absolute Gasteiger partial charge is 0.347 e. The molecule has 0 aliphatic carbocycles. The molecule has 170 valence electrons. The molecule has 1 amide bonds. The van der Waals surface area contributed by atoms with Crippen molar-refractivity contribution >= 4 is 57.0 Å². The highest BCUT2D eigenvalue weighted by Crippen LogP contribution is 2.27. The topological polar surface area (TPSA) is 147 Å². The predicted molar refractivity (Wildman–Crippen MR) is 126 cm³/mol. The summed E-state index contributed by atoms with van der Waals surface area (Å²) < 4.78 is 1.94. The van der Waals surface area contributed by atoms with E-state index in [1.807, 2.05) is 35.8 Å². The molecule has 0 atom stereocenters. The van der Waals surface area contributed by atoms with Crippen molar-refractivity contribution in [2.24, 2.45) is 0 Å². The number of nitrogens with zero attached hydrogens (tertiary/aromatic N) is 5. The third kappa shape index (κ3) is 4.90. The predicted octanol–water partition coefficient (Wildman–Crippen LogP) is 3.62. The van der Waals surface area contributed by atoms with Crippen molar-refractivity contribution in [2.45, 2.75) is 33.9 Å². The third-order valence-electron chi connectivity index (χ3n) is 4.76. The molecule has 4 aromatic rings. The van der Waals surface area contributed by atoms with Gasteiger partial charge in [-0.1, -0.05) is 23.5 Å². The SMILES string of the molecule is CCn1cnc2nc(Nc3nc(C)c(C(=O)O)s3)nc(NCc3ccc(NC(C)=O)cc3)c21. The number of aryl methyl sites for hydroxylation is 2. The first kappa shape index (κ1) is 22.1. The number of anilines is 4. The molecular weight excluding hydrogens is 444 g/mol. The van der Waals surface area contributed by atoms with Crippen molar-refractivity contribution in [3.63, 3.8) is 0 Å². The van der Waals surface area contributed by atoms with Gasteiger partial charge in [0, 0.05) is 25.7 Å². The van der Waals surface area contributed by atoms with E-state index in [0.717, 1.165) is 28.1 Å². The minimum absolute atomic E-state index is 0.122. The van der Waals surface area contributed by atoms with Crippen molar-refractivity contribution in [1.29, 1.82) is 0 Å². The Balaban J connectivity index is 1.60. The number of rotatable bonds is 8. The van der Waals surface area contributed by atoms with Gasteiger partial charge in [-0.2, -0.15) is 9.97 Å². The maximum atomic E-state index is 11.3. The van der Waals surface area contributed by atoms with E-state index in [2.05, 4.69) is 35.9 Å². The largest absolute Gasteiger partial charge is 0.477 e. The number of aromatic nitrogens is 5. The second kappa shape index (κ2) is 9.20. The lowest BCUT2D eigenvalue weighted by molar-refractivity contribution is -0.114. The Labute approximate surface area is 192 Å². The average molecular weight is 467 g/mol. The lowest BCUT2D eigenvalue weighted by atomic mass is 10.2. The van der Waals surface area contributed by atoms with E-state index in [1.54, 1.807) is 13.3 Å². The van der Waals surface area contributed by atoms with Crippen LogP contribution in [0.15, 0.2) is 30.6 Å². The van der Waals surface area contributed by atoms with Gasteiger partial charge in [0.15, 0.2) is 16.6 Å². The van der Waals surface area contributed by atoms with Gasteiger partial charge in [-0.15, -0.1) is 0 Å². The minimum Gasteiger partial charge on any atom is -0.477 e. The number of hydrogen-bond acceptors (Lipinski definition) is 9. The van der Waals surface area contributed by atoms with Crippen LogP contribution >= 0.6 is 11.3 Å². The Hall–Kier alpha value is -4.06. The number of fused-ring (bicyclic) bond motifs is 1. The van der Waals surface area contributed by atoms with Gasteiger partial charge in [-0.3, -0.25) is 10.1 Å². The highest BCUT2D eigenvalue weighted by Gasteiger charge is 2.17. The molecule has 4 rings (SSSR count). The van der Waals surface area contributed by atoms with Crippen LogP contribution in [0.2, 0.25) is 0 Å². The molecule has 0 saturated carbocycles. The van der Waals surface area contributed by atoms with Crippen molar-refractivity contribution in [2.75, 3.05) is 16.0 Å². The summed E-state index contributed by atoms with van der Waals surface area (Å²) in [5.74, 6) is -0.302. The van der Waals surface area contributed by atoms with Gasteiger partial charge in [0.1, 0.15) is 10.4 Å². The maximum absolute atomic E-state index is 11.3. The van der Waals surface area contributed by atoms with Crippen LogP contribution in [0, 0.1) is 6.92 Å². The monoisotopic (exact) mass is 466 g/mol. The van der Waals surface area contributed by atoms with E-state index in [-0.39, 0.29) is 16.7 Å². The molecule has 0 aliphatic heterocycles. The molecule has 0 unspecified atom stereocenters. The highest BCUT2D eigenvalue weighted by molar-refractivity contribution is 7.17. The molecule has 3 aromatic heterocycles. The molecule has 0 radical (unpaired) electrons. The van der Waals surface area contributed by atoms with Gasteiger partial charge in [0.05, 0.1) is 12.0 Å². The molecule has 0 spiro atoms. The first-order valence-corrected chi connectivity index (χ1v) is 11.0. The number of benzene rings is 1. The zero-order valence-electron chi connectivity index (χ0n) is 18.2. The summed E-state index contributed by atoms with van der Waals surface area (Å²) in [4.78, 5) is 40.4. The van der Waals surface area contributed by atoms with Gasteiger partial charge in [0.25, 0.3) is 0 Å². The number of carbonyl (C=O) groups excluding carboxylic acids is 1. The van der Waals surface area contributed by atoms with Crippen LogP contribution in [0.25, 0.3) is 11.2 Å². The van der Waals surface area contributed by atoms with E-state index in [4.69, 9.17) is 0 Å². The van der Waals surface area contributed by atoms with Gasteiger partial charge in [0.2, 0.25) is 11.9 Å². The van der Waals surface area contributed by atoms with Crippen LogP contribution in [-0.2, 0) is 17.9 Å². The third-order valence-corrected chi connectivity index (χ3v) is 5.82. The summed E-state index contributed by atoms with van der Waals surface area (Å²) >= 11 is 1.02. The zero-order valence-corrected chi connectivity index (χ0v) is 19.0. The van der Waals surface area contributed by atoms with Gasteiger partial charge in [-0.25, -0.2) is 14.8 Å². The van der Waals surface area contributed by atoms with E-state index >= 15 is 0 Å². The molecule has 4 N–H and O–H groups in total. The minimum atomic E-state index is -1.03. The second-order valence-corrected chi connectivity index (χ2v) is 8.19. The normalized spacial score (nSPS) is 10.9. The molecule has 3 heterocycles. The van der Waals surface area contributed by atoms with Crippen LogP contribution < -0.4 is 16.0 Å². The molecule has 0 saturated heterocycles. The Morgan fingerprint density at radius 2 is 1.91 bits per heavy atom. The van der Waals surface area contributed by atoms with Crippen molar-refractivity contribution in [1.82, 2.24) is 24.5 Å². The number of carboxylic acid groups (broad SMARTS) is 1. The number of carbonyl (C=O) groups is 2. The summed E-state index contributed by atoms with van der Waals surface area (Å²) in [6, 6.07) is 7.50. The van der Waals surface area contributed by atoms with Crippen molar-refractivity contribution in [3.8, 4) is 0 Å². The Morgan fingerprint density at radius 3 is 2.55 bits per heavy atom. The number of nitrogens with one attached hydrogen (secondary N) is 3. The van der Waals surface area contributed by atoms with Gasteiger partial charge in [-0.05, 0) is 31.5 Å². The van der Waals surface area contributed by atoms with E-state index < -0.39 is 5.97 Å². The highest BCUT2D eigenvalue weighted by atomic mass is 32.1. The quantitative estimate of drug-likeness (QED) is 0.306. The van der Waals surface area contributed by atoms with Crippen LogP contribution in [0.5, 0.6) is 0 Å². The van der Waals surface area contributed by atoms with Gasteiger partial charge < -0.3 is 20.3 Å². The molecular formula is C21H22N8O3S. The molecule has 0 fully saturated rings. The fourth-order valence-corrected chi connectivity index (χ4v) is 4.04. The van der Waals surface area contributed by atoms with E-state index in [0.29, 0.717) is 35.4 Å². The number of thiazole rings is 1. The van der Waals surface area contributed by atoms with Crippen LogP contribution in [-0.4, -0.2) is 41.5 Å². The molecule has 11 nitrogen and oxygen atoms in total. The number of imidazole rings is 1. The second-order valence-electron chi connectivity index (χ2n) is 7.19. The Morgan fingerprint density at radius 1 is 1.15 bits per heavy atom. The van der Waals surface area contributed by atoms with Gasteiger partial charge >= 0.3 is 5.97 Å². The summed E-state index contributed by atoms with van der Waals surface area (Å²) in [5, 5.41) is 18.7. The number of hydrogen-bond donors (Lipinski definition) is 4. The van der Waals surface area contributed by atoms with Crippen molar-refractivity contribution in [3.05, 3.63) is 46.7 Å². The summed E-state index contributed by atoms with van der Waals surface area (Å²) in [7, 11) is 0. The number of carboxylic acids is 1. The van der Waals surface area contributed by atoms with Crippen LogP contribution in [0.4, 0.5) is 22.6 Å². The van der Waals surface area contributed by atoms with E-state index in [9.17, 15) is 14.7 Å². The fraction of sp³-hybridized carbons (Fsp3) is 0.238. The zero-order chi connectivity index (χ0) is 23.5. The molecule has 1 aromatic carbocycles. The number of amides is 1. The summed E-state index contributed by atoms with van der Waals surface area (Å²) in [5.41, 5.74) is 3.41. The first-order chi connectivity index (χ1) is 15.8. The maximum Gasteiger partial charge on any atom is 0.347 e. The average Bonchev–Trinajstić information content (AvgIpc) is 3.35. The van der Waals surface area contributed by atoms with Crippen LogP contribution in [0.1, 0.15) is 34.8 Å². The van der Waals surface area contributed by atoms with Crippen LogP contribution in [0.3, 0.4) is 0 Å². The summed E-state index contributed by atoms with van der Waals surface area (Å²) in [6.45, 7) is 6.29. The van der Waals surface area contributed by atoms with Crippen molar-refractivity contribution < 1.29 is 14.7 Å². The molecule has 33 heavy (non-hydrogen) atoms. The van der Waals surface area contributed by atoms with E-state index in [1.165, 1.54) is 6.92 Å². The Bertz CT molecular complexity index is 1330. The summed E-state index contributed by atoms with van der Waals surface area (Å²) in [6.07, 6.45) is 1.70. The lowest BCUT2D eigenvalue weighted by Gasteiger charge is -2.11. The fourth-order valence-electron chi connectivity index (χ4n) is 3.24. The lowest BCUT2D eigenvalue weighted by Crippen LogP contribution is -2.08. The molecule has 0 aliphatic rings. The number of aromatic carboxylic acids is 1. The molecule has 0 bridgehead atoms. The standard InChI is InChI=1S/C21H22N8O3S/c1-4-29-10-23-18-15(29)17(22-9-13-5-7-14(8-6-13)25-12(3)30)26-20(27-18)28-21-24-11(2)16(33-21)19(31)32/h5-8,10H,4,9H2,1-3H3,(H,25,30)(H,31,32)(H2,22,24,26,27,28). The first-order valence-electron chi connectivity index (χ1n) is 10.1. The Kier molecular flexibility index (Phi) is 6.18. The molecule has 12 heteroatoms.